The highest BCUT2D eigenvalue weighted by atomic mass is 35.5. The Balaban J connectivity index is 0.000000176. The molecule has 14 nitrogen and oxygen atoms in total. The number of nitrogens with one attached hydrogen (secondary N) is 4. The minimum atomic E-state index is -0.439. The van der Waals surface area contributed by atoms with Crippen LogP contribution in [0.3, 0.4) is 0 Å². The molecule has 1 aliphatic heterocycles. The van der Waals surface area contributed by atoms with E-state index in [9.17, 15) is 9.59 Å². The Hall–Kier alpha value is -7.33. The minimum Gasteiger partial charge on any atom is -0.399 e. The zero-order valence-electron chi connectivity index (χ0n) is 38.9. The first-order valence-electron chi connectivity index (χ1n) is 22.2. The normalized spacial score (nSPS) is 11.8. The Morgan fingerprint density at radius 3 is 1.60 bits per heavy atom. The van der Waals surface area contributed by atoms with Gasteiger partial charge in [0.15, 0.2) is 0 Å². The summed E-state index contributed by atoms with van der Waals surface area (Å²) >= 11 is 16.6. The van der Waals surface area contributed by atoms with E-state index < -0.39 is 5.24 Å². The summed E-state index contributed by atoms with van der Waals surface area (Å²) in [4.78, 5) is 51.4. The largest absolute Gasteiger partial charge is 0.399 e. The van der Waals surface area contributed by atoms with Gasteiger partial charge in [-0.25, -0.2) is 19.9 Å². The number of nitrogen functional groups attached to an aromatic ring is 1. The first-order chi connectivity index (χ1) is 34.0. The van der Waals surface area contributed by atoms with Gasteiger partial charge < -0.3 is 31.9 Å². The standard InChI is InChI=1S/C24H20ClN5O.C16H15N5.C8H6Cl2O.C5H12N2/c1-16-4-9-20(28-23(31)18-7-5-17(14-25)6-8-18)13-22(16)30-24-27-12-10-21(29-24)19-3-2-11-26-15-19;1-11-4-5-13(17)9-15(11)21-16-19-8-6-14(20-16)12-3-2-7-18-10-12;9-5-6-1-3-7(4-2-6)8(10)11;1-7-4-2-6-3-5-7/h2-13,15H,14H2,1H3,(H,28,31)(H,27,29,30);2-10H,17H2,1H3,(H,19,20,21);1-4H,5H2;6H,2-5H2,1H3. The SMILES string of the molecule is CN1CCNCC1.Cc1ccc(N)cc1Nc1nccc(-c2cccnc2)n1.Cc1ccc(NC(=O)c2ccc(CCl)cc2)cc1Nc1nccc(-c2cccnc2)n1.O=C(Cl)c1ccc(CCl)cc1. The van der Waals surface area contributed by atoms with Gasteiger partial charge in [-0.2, -0.15) is 0 Å². The van der Waals surface area contributed by atoms with Crippen LogP contribution in [-0.2, 0) is 11.8 Å². The van der Waals surface area contributed by atoms with Gasteiger partial charge in [0.25, 0.3) is 11.1 Å². The third kappa shape index (κ3) is 16.4. The van der Waals surface area contributed by atoms with Crippen LogP contribution in [0.4, 0.5) is 34.6 Å². The first kappa shape index (κ1) is 52.0. The van der Waals surface area contributed by atoms with Gasteiger partial charge in [-0.15, -0.1) is 23.2 Å². The van der Waals surface area contributed by atoms with E-state index in [1.807, 2.05) is 98.8 Å². The van der Waals surface area contributed by atoms with E-state index in [0.29, 0.717) is 46.2 Å². The van der Waals surface area contributed by atoms with E-state index >= 15 is 0 Å². The highest BCUT2D eigenvalue weighted by Crippen LogP contribution is 2.26. The van der Waals surface area contributed by atoms with Crippen molar-refractivity contribution in [1.29, 1.82) is 0 Å². The van der Waals surface area contributed by atoms with E-state index in [2.05, 4.69) is 63.1 Å². The number of hydrogen-bond acceptors (Lipinski definition) is 13. The van der Waals surface area contributed by atoms with Crippen molar-refractivity contribution in [2.24, 2.45) is 0 Å². The van der Waals surface area contributed by atoms with Gasteiger partial charge in [0.05, 0.1) is 11.4 Å². The molecule has 1 saturated heterocycles. The van der Waals surface area contributed by atoms with Crippen molar-refractivity contribution in [3.8, 4) is 22.5 Å². The van der Waals surface area contributed by atoms with Crippen LogP contribution < -0.4 is 27.0 Å². The number of carbonyl (C=O) groups is 2. The molecule has 1 amide bonds. The smallest absolute Gasteiger partial charge is 0.255 e. The van der Waals surface area contributed by atoms with Crippen molar-refractivity contribution < 1.29 is 9.59 Å². The van der Waals surface area contributed by atoms with Crippen molar-refractivity contribution in [3.63, 3.8) is 0 Å². The van der Waals surface area contributed by atoms with E-state index in [0.717, 1.165) is 69.2 Å². The molecular formula is C53H53Cl3N12O2. The van der Waals surface area contributed by atoms with Gasteiger partial charge >= 0.3 is 0 Å². The number of alkyl halides is 2. The summed E-state index contributed by atoms with van der Waals surface area (Å²) in [7, 11) is 2.15. The molecule has 9 rings (SSSR count). The highest BCUT2D eigenvalue weighted by molar-refractivity contribution is 6.67. The van der Waals surface area contributed by atoms with Crippen LogP contribution >= 0.6 is 34.8 Å². The summed E-state index contributed by atoms with van der Waals surface area (Å²) in [6.07, 6.45) is 10.4. The number of anilines is 6. The van der Waals surface area contributed by atoms with Crippen molar-refractivity contribution in [2.75, 3.05) is 54.9 Å². The summed E-state index contributed by atoms with van der Waals surface area (Å²) in [5.74, 6) is 1.68. The lowest BCUT2D eigenvalue weighted by molar-refractivity contribution is 0.102. The molecule has 4 aromatic carbocycles. The lowest BCUT2D eigenvalue weighted by atomic mass is 10.1. The molecule has 8 aromatic rings. The Morgan fingerprint density at radius 2 is 1.14 bits per heavy atom. The summed E-state index contributed by atoms with van der Waals surface area (Å²) in [6, 6.07) is 36.8. The quantitative estimate of drug-likeness (QED) is 0.0468. The zero-order chi connectivity index (χ0) is 49.7. The minimum absolute atomic E-state index is 0.189. The monoisotopic (exact) mass is 994 g/mol. The van der Waals surface area contributed by atoms with Crippen molar-refractivity contribution in [3.05, 3.63) is 192 Å². The average Bonchev–Trinajstić information content (AvgIpc) is 3.40. The van der Waals surface area contributed by atoms with Crippen molar-refractivity contribution in [1.82, 2.24) is 40.1 Å². The van der Waals surface area contributed by atoms with Crippen molar-refractivity contribution >= 4 is 80.6 Å². The molecule has 70 heavy (non-hydrogen) atoms. The lowest BCUT2D eigenvalue weighted by Crippen LogP contribution is -2.40. The second-order valence-electron chi connectivity index (χ2n) is 15.8. The number of nitrogens with zero attached hydrogens (tertiary/aromatic N) is 7. The number of aromatic nitrogens is 6. The Bertz CT molecular complexity index is 2910. The van der Waals surface area contributed by atoms with Crippen LogP contribution in [0.2, 0.25) is 0 Å². The second-order valence-corrected chi connectivity index (χ2v) is 16.7. The average molecular weight is 996 g/mol. The first-order valence-corrected chi connectivity index (χ1v) is 23.6. The van der Waals surface area contributed by atoms with Gasteiger partial charge in [-0.05, 0) is 140 Å². The van der Waals surface area contributed by atoms with Gasteiger partial charge in [0.2, 0.25) is 11.9 Å². The molecular weight excluding hydrogens is 943 g/mol. The van der Waals surface area contributed by atoms with E-state index in [4.69, 9.17) is 40.5 Å². The maximum atomic E-state index is 12.6. The number of nitrogens with two attached hydrogens (primary N) is 1. The molecule has 358 valence electrons. The van der Waals surface area contributed by atoms with Gasteiger partial charge in [0, 0.05) is 120 Å². The summed E-state index contributed by atoms with van der Waals surface area (Å²) in [5, 5.41) is 12.2. The van der Waals surface area contributed by atoms with Crippen molar-refractivity contribution in [2.45, 2.75) is 25.6 Å². The van der Waals surface area contributed by atoms with Gasteiger partial charge in [-0.3, -0.25) is 19.6 Å². The van der Waals surface area contributed by atoms with E-state index in [1.54, 1.807) is 73.6 Å². The Labute approximate surface area is 423 Å². The molecule has 6 N–H and O–H groups in total. The molecule has 4 aromatic heterocycles. The van der Waals surface area contributed by atoms with Crippen LogP contribution in [-0.4, -0.2) is 79.2 Å². The molecule has 17 heteroatoms. The molecule has 0 spiro atoms. The third-order valence-corrected chi connectivity index (χ3v) is 11.4. The Kier molecular flexibility index (Phi) is 20.1. The van der Waals surface area contributed by atoms with Gasteiger partial charge in [0.1, 0.15) is 0 Å². The molecule has 0 radical (unpaired) electrons. The Morgan fingerprint density at radius 1 is 0.643 bits per heavy atom. The predicted molar refractivity (Wildman–Crippen MR) is 284 cm³/mol. The number of carbonyl (C=O) groups excluding carboxylic acids is 2. The number of aryl methyl sites for hydroxylation is 2. The zero-order valence-corrected chi connectivity index (χ0v) is 41.2. The number of piperazine rings is 1. The fourth-order valence-corrected chi connectivity index (χ4v) is 6.97. The maximum Gasteiger partial charge on any atom is 0.255 e. The molecule has 0 bridgehead atoms. The van der Waals surface area contributed by atoms with Crippen LogP contribution in [0.25, 0.3) is 22.5 Å². The number of pyridine rings is 2. The van der Waals surface area contributed by atoms with E-state index in [1.165, 1.54) is 13.1 Å². The molecule has 0 atom stereocenters. The van der Waals surface area contributed by atoms with E-state index in [-0.39, 0.29) is 5.91 Å². The number of amides is 1. The summed E-state index contributed by atoms with van der Waals surface area (Å²) < 4.78 is 0. The fourth-order valence-electron chi connectivity index (χ4n) is 6.49. The topological polar surface area (TPSA) is 189 Å². The van der Waals surface area contributed by atoms with Gasteiger partial charge in [-0.1, -0.05) is 36.4 Å². The number of benzene rings is 4. The van der Waals surface area contributed by atoms with Crippen LogP contribution in [0.5, 0.6) is 0 Å². The van der Waals surface area contributed by atoms with Crippen LogP contribution in [0, 0.1) is 13.8 Å². The number of rotatable bonds is 11. The third-order valence-electron chi connectivity index (χ3n) is 10.5. The molecule has 5 heterocycles. The predicted octanol–water partition coefficient (Wildman–Crippen LogP) is 11.1. The summed E-state index contributed by atoms with van der Waals surface area (Å²) in [6.45, 7) is 8.73. The molecule has 0 saturated carbocycles. The fraction of sp³-hybridized carbons (Fsp3) is 0.170. The number of halogens is 3. The maximum absolute atomic E-state index is 12.6. The highest BCUT2D eigenvalue weighted by Gasteiger charge is 2.11. The molecule has 1 aliphatic rings. The van der Waals surface area contributed by atoms with Crippen LogP contribution in [0.1, 0.15) is 43.0 Å². The molecule has 0 unspecified atom stereocenters. The second kappa shape index (κ2) is 27.0. The molecule has 1 fully saturated rings. The van der Waals surface area contributed by atoms with Crippen LogP contribution in [0.15, 0.2) is 159 Å². The molecule has 0 aliphatic carbocycles. The lowest BCUT2D eigenvalue weighted by Gasteiger charge is -2.21. The number of hydrogen-bond donors (Lipinski definition) is 5. The number of likely N-dealkylation sites (N-methyl/N-ethyl adjacent to an activating group) is 1. The summed E-state index contributed by atoms with van der Waals surface area (Å²) in [5.41, 5.74) is 17.4.